The number of amides is 3. The van der Waals surface area contributed by atoms with E-state index in [9.17, 15) is 31.5 Å². The number of benzene rings is 2. The van der Waals surface area contributed by atoms with Crippen molar-refractivity contribution in [3.05, 3.63) is 59.7 Å². The number of carbonyl (C=O) groups is 2. The molecule has 0 radical (unpaired) electrons. The number of likely N-dealkylation sites (N-methyl/N-ethyl adjacent to an activating group) is 1. The summed E-state index contributed by atoms with van der Waals surface area (Å²) in [6, 6.07) is 7.26. The van der Waals surface area contributed by atoms with Gasteiger partial charge in [-0.3, -0.25) is 4.79 Å². The molecule has 0 unspecified atom stereocenters. The summed E-state index contributed by atoms with van der Waals surface area (Å²) in [7, 11) is 3.72. The van der Waals surface area contributed by atoms with Crippen molar-refractivity contribution < 1.29 is 31.5 Å². The molecule has 0 saturated carbocycles. The molecule has 14 heteroatoms. The maximum Gasteiger partial charge on any atom is 0.471 e. The molecule has 2 N–H and O–H groups in total. The lowest BCUT2D eigenvalue weighted by Gasteiger charge is -2.31. The Bertz CT molecular complexity index is 1420. The lowest BCUT2D eigenvalue weighted by Crippen LogP contribution is -2.45. The minimum atomic E-state index is -5.06. The van der Waals surface area contributed by atoms with Gasteiger partial charge in [0.2, 0.25) is 5.95 Å². The number of nitrogens with one attached hydrogen (secondary N) is 2. The summed E-state index contributed by atoms with van der Waals surface area (Å²) >= 11 is 0. The van der Waals surface area contributed by atoms with Gasteiger partial charge >= 0.3 is 18.1 Å². The zero-order chi connectivity index (χ0) is 30.1. The van der Waals surface area contributed by atoms with Crippen LogP contribution in [0.2, 0.25) is 0 Å². The molecule has 2 aromatic carbocycles. The SMILES string of the molecule is CC(C)N(C(=O)C(F)(F)F)c1ccc(-c2nc(NCCN(C)C)nc3c2CNC(=O)N3c2c(F)cccc2F)cc1. The van der Waals surface area contributed by atoms with Gasteiger partial charge in [-0.15, -0.1) is 0 Å². The number of halogens is 5. The maximum absolute atomic E-state index is 14.8. The topological polar surface area (TPSA) is 93.7 Å². The van der Waals surface area contributed by atoms with E-state index in [-0.39, 0.29) is 29.7 Å². The highest BCUT2D eigenvalue weighted by Crippen LogP contribution is 2.39. The minimum absolute atomic E-state index is 0.0155. The first kappa shape index (κ1) is 29.6. The number of carbonyl (C=O) groups excluding carboxylic acids is 2. The van der Waals surface area contributed by atoms with Crippen LogP contribution in [0.15, 0.2) is 42.5 Å². The van der Waals surface area contributed by atoms with Gasteiger partial charge in [0.15, 0.2) is 5.82 Å². The predicted molar refractivity (Wildman–Crippen MR) is 144 cm³/mol. The Balaban J connectivity index is 1.84. The molecule has 1 aromatic heterocycles. The highest BCUT2D eigenvalue weighted by Gasteiger charge is 2.44. The van der Waals surface area contributed by atoms with E-state index in [2.05, 4.69) is 20.6 Å². The Morgan fingerprint density at radius 1 is 1.07 bits per heavy atom. The molecule has 1 aliphatic rings. The smallest absolute Gasteiger partial charge is 0.353 e. The number of nitrogens with zero attached hydrogens (tertiary/aromatic N) is 5. The number of alkyl halides is 3. The standard InChI is InChI=1S/C27H28F5N7O2/c1-15(2)38(24(40)27(30,31)32)17-10-8-16(9-11-17)21-18-14-34-26(41)39(22-19(28)6-5-7-20(22)29)23(18)36-25(35-21)33-12-13-37(3)4/h5-11,15H,12-14H2,1-4H3,(H,34,41)(H,33,35,36). The molecule has 3 aromatic rings. The molecule has 1 aliphatic heterocycles. The van der Waals surface area contributed by atoms with Gasteiger partial charge in [-0.05, 0) is 52.2 Å². The van der Waals surface area contributed by atoms with Crippen molar-refractivity contribution in [2.24, 2.45) is 0 Å². The summed E-state index contributed by atoms with van der Waals surface area (Å²) in [5.74, 6) is -3.96. The Labute approximate surface area is 233 Å². The quantitative estimate of drug-likeness (QED) is 0.364. The van der Waals surface area contributed by atoms with E-state index in [0.717, 1.165) is 17.0 Å². The average molecular weight is 578 g/mol. The van der Waals surface area contributed by atoms with Crippen molar-refractivity contribution in [2.75, 3.05) is 42.3 Å². The summed E-state index contributed by atoms with van der Waals surface area (Å²) in [5.41, 5.74) is 0.403. The summed E-state index contributed by atoms with van der Waals surface area (Å²) < 4.78 is 69.3. The summed E-state index contributed by atoms with van der Waals surface area (Å²) in [4.78, 5) is 37.3. The van der Waals surface area contributed by atoms with Crippen molar-refractivity contribution >= 4 is 35.1 Å². The molecule has 4 rings (SSSR count). The fourth-order valence-corrected chi connectivity index (χ4v) is 4.34. The van der Waals surface area contributed by atoms with Crippen LogP contribution in [0.25, 0.3) is 11.3 Å². The van der Waals surface area contributed by atoms with E-state index >= 15 is 0 Å². The summed E-state index contributed by atoms with van der Waals surface area (Å²) in [6.45, 7) is 3.83. The number of aromatic nitrogens is 2. The lowest BCUT2D eigenvalue weighted by molar-refractivity contribution is -0.170. The first-order valence-electron chi connectivity index (χ1n) is 12.6. The van der Waals surface area contributed by atoms with Crippen molar-refractivity contribution in [1.82, 2.24) is 20.2 Å². The predicted octanol–water partition coefficient (Wildman–Crippen LogP) is 5.06. The Morgan fingerprint density at radius 3 is 2.27 bits per heavy atom. The number of urea groups is 1. The molecule has 0 atom stereocenters. The van der Waals surface area contributed by atoms with Gasteiger partial charge in [0.25, 0.3) is 0 Å². The molecular formula is C27H28F5N7O2. The molecule has 3 amide bonds. The zero-order valence-electron chi connectivity index (χ0n) is 22.7. The average Bonchev–Trinajstić information content (AvgIpc) is 2.89. The minimum Gasteiger partial charge on any atom is -0.353 e. The number of para-hydroxylation sites is 1. The van der Waals surface area contributed by atoms with E-state index in [1.807, 2.05) is 19.0 Å². The van der Waals surface area contributed by atoms with Crippen LogP contribution in [0.5, 0.6) is 0 Å². The molecule has 0 aliphatic carbocycles. The van der Waals surface area contributed by atoms with Gasteiger partial charge in [0.1, 0.15) is 17.3 Å². The van der Waals surface area contributed by atoms with Crippen molar-refractivity contribution in [3.8, 4) is 11.3 Å². The summed E-state index contributed by atoms with van der Waals surface area (Å²) in [5, 5.41) is 5.61. The van der Waals surface area contributed by atoms with Gasteiger partial charge in [-0.1, -0.05) is 18.2 Å². The number of hydrogen-bond acceptors (Lipinski definition) is 6. The molecule has 0 fully saturated rings. The van der Waals surface area contributed by atoms with Gasteiger partial charge in [-0.25, -0.2) is 23.5 Å². The lowest BCUT2D eigenvalue weighted by atomic mass is 10.0. The molecule has 218 valence electrons. The van der Waals surface area contributed by atoms with E-state index in [0.29, 0.717) is 29.1 Å². The third-order valence-electron chi connectivity index (χ3n) is 6.22. The van der Waals surface area contributed by atoms with Crippen LogP contribution in [0.3, 0.4) is 0 Å². The second kappa shape index (κ2) is 11.6. The van der Waals surface area contributed by atoms with Gasteiger partial charge in [0, 0.05) is 35.9 Å². The molecule has 0 saturated heterocycles. The first-order valence-corrected chi connectivity index (χ1v) is 12.6. The van der Waals surface area contributed by atoms with Crippen LogP contribution in [-0.2, 0) is 11.3 Å². The monoisotopic (exact) mass is 577 g/mol. The fourth-order valence-electron chi connectivity index (χ4n) is 4.34. The third kappa shape index (κ3) is 6.21. The van der Waals surface area contributed by atoms with E-state index in [1.165, 1.54) is 44.2 Å². The van der Waals surface area contributed by atoms with Crippen molar-refractivity contribution in [3.63, 3.8) is 0 Å². The maximum atomic E-state index is 14.8. The molecule has 9 nitrogen and oxygen atoms in total. The van der Waals surface area contributed by atoms with Crippen molar-refractivity contribution in [2.45, 2.75) is 32.6 Å². The molecule has 41 heavy (non-hydrogen) atoms. The van der Waals surface area contributed by atoms with Crippen LogP contribution in [0, 0.1) is 11.6 Å². The molecular weight excluding hydrogens is 549 g/mol. The molecule has 0 bridgehead atoms. The number of anilines is 4. The highest BCUT2D eigenvalue weighted by molar-refractivity contribution is 6.02. The van der Waals surface area contributed by atoms with Crippen LogP contribution in [-0.4, -0.2) is 66.2 Å². The summed E-state index contributed by atoms with van der Waals surface area (Å²) in [6.07, 6.45) is -5.06. The van der Waals surface area contributed by atoms with Gasteiger partial charge in [-0.2, -0.15) is 18.2 Å². The van der Waals surface area contributed by atoms with Crippen LogP contribution in [0.1, 0.15) is 19.4 Å². The highest BCUT2D eigenvalue weighted by atomic mass is 19.4. The Kier molecular flexibility index (Phi) is 8.42. The normalized spacial score (nSPS) is 13.3. The Morgan fingerprint density at radius 2 is 1.71 bits per heavy atom. The number of fused-ring (bicyclic) bond motifs is 1. The third-order valence-corrected chi connectivity index (χ3v) is 6.22. The first-order chi connectivity index (χ1) is 19.3. The second-order valence-electron chi connectivity index (χ2n) is 9.81. The fraction of sp³-hybridized carbons (Fsp3) is 0.333. The largest absolute Gasteiger partial charge is 0.471 e. The molecule has 0 spiro atoms. The van der Waals surface area contributed by atoms with E-state index < -0.39 is 41.5 Å². The van der Waals surface area contributed by atoms with Crippen LogP contribution in [0.4, 0.5) is 49.9 Å². The Hall–Kier alpha value is -4.33. The second-order valence-corrected chi connectivity index (χ2v) is 9.81. The van der Waals surface area contributed by atoms with Gasteiger partial charge < -0.3 is 20.4 Å². The van der Waals surface area contributed by atoms with Crippen molar-refractivity contribution in [1.29, 1.82) is 0 Å². The van der Waals surface area contributed by atoms with Gasteiger partial charge in [0.05, 0.1) is 12.2 Å². The van der Waals surface area contributed by atoms with Crippen LogP contribution >= 0.6 is 0 Å². The van der Waals surface area contributed by atoms with E-state index in [4.69, 9.17) is 0 Å². The number of hydrogen-bond donors (Lipinski definition) is 2. The zero-order valence-corrected chi connectivity index (χ0v) is 22.7. The number of rotatable bonds is 8. The molecule has 2 heterocycles. The van der Waals surface area contributed by atoms with E-state index in [1.54, 1.807) is 0 Å². The van der Waals surface area contributed by atoms with Crippen LogP contribution < -0.4 is 20.4 Å².